The number of ether oxygens (including phenoxy) is 2. The summed E-state index contributed by atoms with van der Waals surface area (Å²) in [4.78, 5) is 17.1. The second kappa shape index (κ2) is 6.56. The summed E-state index contributed by atoms with van der Waals surface area (Å²) in [6, 6.07) is 1.71. The normalized spacial score (nSPS) is 11.5. The van der Waals surface area contributed by atoms with E-state index in [4.69, 9.17) is 14.6 Å². The van der Waals surface area contributed by atoms with E-state index in [0.717, 1.165) is 0 Å². The lowest BCUT2D eigenvalue weighted by atomic mass is 10.1. The van der Waals surface area contributed by atoms with E-state index < -0.39 is 5.97 Å². The van der Waals surface area contributed by atoms with E-state index in [1.807, 2.05) is 25.7 Å². The second-order valence-electron chi connectivity index (χ2n) is 5.41. The molecule has 1 heterocycles. The maximum absolute atomic E-state index is 11.0. The number of nitrogens with zero attached hydrogens (tertiary/aromatic N) is 2. The zero-order valence-corrected chi connectivity index (χ0v) is 12.6. The van der Waals surface area contributed by atoms with Crippen molar-refractivity contribution in [2.45, 2.75) is 32.9 Å². The summed E-state index contributed by atoms with van der Waals surface area (Å²) in [7, 11) is 3.10. The molecule has 20 heavy (non-hydrogen) atoms. The Kier molecular flexibility index (Phi) is 5.33. The minimum Gasteiger partial charge on any atom is -0.493 e. The van der Waals surface area contributed by atoms with Gasteiger partial charge in [-0.25, -0.2) is 0 Å². The third kappa shape index (κ3) is 4.09. The summed E-state index contributed by atoms with van der Waals surface area (Å²) < 4.78 is 10.5. The van der Waals surface area contributed by atoms with E-state index in [2.05, 4.69) is 4.98 Å². The van der Waals surface area contributed by atoms with Crippen molar-refractivity contribution < 1.29 is 19.4 Å². The van der Waals surface area contributed by atoms with Gasteiger partial charge in [-0.05, 0) is 20.8 Å². The molecule has 6 heteroatoms. The third-order valence-corrected chi connectivity index (χ3v) is 2.98. The Hall–Kier alpha value is -1.82. The number of hydrogen-bond acceptors (Lipinski definition) is 5. The highest BCUT2D eigenvalue weighted by atomic mass is 16.5. The van der Waals surface area contributed by atoms with Crippen molar-refractivity contribution in [2.75, 3.05) is 20.8 Å². The molecule has 0 radical (unpaired) electrons. The summed E-state index contributed by atoms with van der Waals surface area (Å²) >= 11 is 0. The Bertz CT molecular complexity index is 469. The lowest BCUT2D eigenvalue weighted by molar-refractivity contribution is -0.140. The van der Waals surface area contributed by atoms with Crippen LogP contribution >= 0.6 is 0 Å². The van der Waals surface area contributed by atoms with Crippen molar-refractivity contribution in [1.82, 2.24) is 9.88 Å². The van der Waals surface area contributed by atoms with Gasteiger partial charge in [0.05, 0.1) is 20.8 Å². The maximum Gasteiger partial charge on any atom is 0.317 e. The molecule has 0 atom stereocenters. The van der Waals surface area contributed by atoms with Crippen molar-refractivity contribution in [2.24, 2.45) is 0 Å². The van der Waals surface area contributed by atoms with Gasteiger partial charge in [0.25, 0.3) is 0 Å². The first kappa shape index (κ1) is 16.2. The molecule has 1 aromatic heterocycles. The number of rotatable bonds is 6. The zero-order chi connectivity index (χ0) is 15.3. The number of carboxylic acids is 1. The highest BCUT2D eigenvalue weighted by molar-refractivity contribution is 5.69. The van der Waals surface area contributed by atoms with E-state index in [-0.39, 0.29) is 12.1 Å². The smallest absolute Gasteiger partial charge is 0.317 e. The molecular formula is C14H22N2O4. The summed E-state index contributed by atoms with van der Waals surface area (Å²) in [5.41, 5.74) is 0.358. The van der Waals surface area contributed by atoms with Crippen LogP contribution in [0.3, 0.4) is 0 Å². The first-order valence-corrected chi connectivity index (χ1v) is 6.32. The number of carbonyl (C=O) groups is 1. The minimum atomic E-state index is -0.873. The van der Waals surface area contributed by atoms with Crippen molar-refractivity contribution in [1.29, 1.82) is 0 Å². The third-order valence-electron chi connectivity index (χ3n) is 2.98. The zero-order valence-electron chi connectivity index (χ0n) is 12.6. The van der Waals surface area contributed by atoms with Gasteiger partial charge >= 0.3 is 5.97 Å². The van der Waals surface area contributed by atoms with Crippen molar-refractivity contribution >= 4 is 5.97 Å². The molecule has 0 bridgehead atoms. The minimum absolute atomic E-state index is 0.0639. The Balaban J connectivity index is 3.08. The van der Waals surface area contributed by atoms with E-state index in [9.17, 15) is 4.79 Å². The molecule has 0 unspecified atom stereocenters. The topological polar surface area (TPSA) is 71.9 Å². The van der Waals surface area contributed by atoms with Crippen LogP contribution in [-0.4, -0.2) is 47.3 Å². The molecule has 0 aromatic carbocycles. The Labute approximate surface area is 119 Å². The summed E-state index contributed by atoms with van der Waals surface area (Å²) in [6.07, 6.45) is 1.62. The van der Waals surface area contributed by atoms with Crippen molar-refractivity contribution in [3.05, 3.63) is 18.0 Å². The highest BCUT2D eigenvalue weighted by Gasteiger charge is 2.26. The van der Waals surface area contributed by atoms with E-state index in [0.29, 0.717) is 23.7 Å². The maximum atomic E-state index is 11.0. The molecule has 0 fully saturated rings. The Morgan fingerprint density at radius 3 is 2.45 bits per heavy atom. The van der Waals surface area contributed by atoms with Crippen molar-refractivity contribution in [3.63, 3.8) is 0 Å². The average molecular weight is 282 g/mol. The van der Waals surface area contributed by atoms with Crippen LogP contribution in [-0.2, 0) is 11.3 Å². The molecule has 0 saturated carbocycles. The summed E-state index contributed by atoms with van der Waals surface area (Å²) in [5, 5.41) is 9.03. The lowest BCUT2D eigenvalue weighted by Gasteiger charge is -2.34. The van der Waals surface area contributed by atoms with Gasteiger partial charge in [-0.15, -0.1) is 0 Å². The first-order chi connectivity index (χ1) is 9.29. The lowest BCUT2D eigenvalue weighted by Crippen LogP contribution is -2.44. The fourth-order valence-corrected chi connectivity index (χ4v) is 1.84. The van der Waals surface area contributed by atoms with Gasteiger partial charge in [0.2, 0.25) is 0 Å². The molecule has 0 amide bonds. The summed E-state index contributed by atoms with van der Waals surface area (Å²) in [5.74, 6) is 0.248. The Morgan fingerprint density at radius 1 is 1.35 bits per heavy atom. The molecular weight excluding hydrogens is 260 g/mol. The molecule has 0 saturated heterocycles. The monoisotopic (exact) mass is 282 g/mol. The second-order valence-corrected chi connectivity index (χ2v) is 5.41. The molecule has 1 N–H and O–H groups in total. The van der Waals surface area contributed by atoms with Gasteiger partial charge in [-0.3, -0.25) is 14.7 Å². The number of carboxylic acid groups (broad SMARTS) is 1. The predicted octanol–water partition coefficient (Wildman–Crippen LogP) is 1.78. The van der Waals surface area contributed by atoms with Crippen LogP contribution in [0.25, 0.3) is 0 Å². The number of hydrogen-bond donors (Lipinski definition) is 1. The van der Waals surface area contributed by atoms with Gasteiger partial charge in [-0.2, -0.15) is 0 Å². The number of aliphatic carboxylic acids is 1. The van der Waals surface area contributed by atoms with E-state index >= 15 is 0 Å². The molecule has 6 nitrogen and oxygen atoms in total. The van der Waals surface area contributed by atoms with Gasteiger partial charge in [0.15, 0.2) is 11.5 Å². The fraction of sp³-hybridized carbons (Fsp3) is 0.571. The Morgan fingerprint density at radius 2 is 2.00 bits per heavy atom. The van der Waals surface area contributed by atoms with Crippen LogP contribution in [0.4, 0.5) is 0 Å². The van der Waals surface area contributed by atoms with Crippen LogP contribution in [0.2, 0.25) is 0 Å². The molecule has 1 aromatic rings. The van der Waals surface area contributed by atoms with Gasteiger partial charge < -0.3 is 14.6 Å². The summed E-state index contributed by atoms with van der Waals surface area (Å²) in [6.45, 7) is 6.19. The molecule has 0 aliphatic carbocycles. The number of pyridine rings is 1. The number of aromatic nitrogens is 1. The van der Waals surface area contributed by atoms with E-state index in [1.165, 1.54) is 0 Å². The largest absolute Gasteiger partial charge is 0.493 e. The SMILES string of the molecule is COc1ccnc(CN(CC(=O)O)C(C)(C)C)c1OC. The van der Waals surface area contributed by atoms with Crippen LogP contribution in [0.5, 0.6) is 11.5 Å². The van der Waals surface area contributed by atoms with Gasteiger partial charge in [-0.1, -0.05) is 0 Å². The molecule has 1 rings (SSSR count). The first-order valence-electron chi connectivity index (χ1n) is 6.32. The molecule has 112 valence electrons. The van der Waals surface area contributed by atoms with Crippen LogP contribution < -0.4 is 9.47 Å². The molecule has 0 aliphatic rings. The number of methoxy groups -OCH3 is 2. The van der Waals surface area contributed by atoms with E-state index in [1.54, 1.807) is 26.5 Å². The van der Waals surface area contributed by atoms with Crippen molar-refractivity contribution in [3.8, 4) is 11.5 Å². The van der Waals surface area contributed by atoms with Gasteiger partial charge in [0.1, 0.15) is 5.69 Å². The van der Waals surface area contributed by atoms with Crippen LogP contribution in [0, 0.1) is 0 Å². The quantitative estimate of drug-likeness (QED) is 0.857. The molecule has 0 spiro atoms. The average Bonchev–Trinajstić information content (AvgIpc) is 2.35. The highest BCUT2D eigenvalue weighted by Crippen LogP contribution is 2.31. The van der Waals surface area contributed by atoms with Crippen LogP contribution in [0.15, 0.2) is 12.3 Å². The fourth-order valence-electron chi connectivity index (χ4n) is 1.84. The van der Waals surface area contributed by atoms with Gasteiger partial charge in [0, 0.05) is 24.3 Å². The predicted molar refractivity (Wildman–Crippen MR) is 75.1 cm³/mol. The van der Waals surface area contributed by atoms with Crippen LogP contribution in [0.1, 0.15) is 26.5 Å². The molecule has 0 aliphatic heterocycles. The standard InChI is InChI=1S/C14H22N2O4/c1-14(2,3)16(9-12(17)18)8-10-13(20-5)11(19-4)6-7-15-10/h6-7H,8-9H2,1-5H3,(H,17,18).